The van der Waals surface area contributed by atoms with E-state index in [9.17, 15) is 0 Å². The normalized spacial score (nSPS) is 20.6. The minimum Gasteiger partial charge on any atom is -0.474 e. The lowest BCUT2D eigenvalue weighted by Crippen LogP contribution is -2.41. The van der Waals surface area contributed by atoms with Crippen LogP contribution in [0.4, 0.5) is 0 Å². The van der Waals surface area contributed by atoms with Crippen molar-refractivity contribution in [2.75, 3.05) is 26.3 Å². The van der Waals surface area contributed by atoms with Crippen molar-refractivity contribution in [1.29, 1.82) is 0 Å². The smallest absolute Gasteiger partial charge is 0.235 e. The zero-order chi connectivity index (χ0) is 11.5. The van der Waals surface area contributed by atoms with Crippen molar-refractivity contribution in [3.05, 3.63) is 24.5 Å². The molecule has 1 saturated heterocycles. The molecule has 6 heteroatoms. The molecular weight excluding hydrogens is 220 g/mol. The zero-order valence-corrected chi connectivity index (χ0v) is 9.37. The SMILES string of the molecule is c1cnn2c(OC[C@H]3CNCCO3)cnc2c1. The first-order valence-electron chi connectivity index (χ1n) is 5.67. The van der Waals surface area contributed by atoms with Crippen molar-refractivity contribution in [3.63, 3.8) is 0 Å². The molecule has 2 aromatic rings. The van der Waals surface area contributed by atoms with Gasteiger partial charge in [0.15, 0.2) is 5.65 Å². The second-order valence-corrected chi connectivity index (χ2v) is 3.90. The lowest BCUT2D eigenvalue weighted by Gasteiger charge is -2.23. The van der Waals surface area contributed by atoms with E-state index in [4.69, 9.17) is 9.47 Å². The van der Waals surface area contributed by atoms with Gasteiger partial charge in [-0.3, -0.25) is 0 Å². The molecule has 6 nitrogen and oxygen atoms in total. The lowest BCUT2D eigenvalue weighted by atomic mass is 10.3. The summed E-state index contributed by atoms with van der Waals surface area (Å²) in [6.45, 7) is 2.98. The number of rotatable bonds is 3. The average molecular weight is 234 g/mol. The summed E-state index contributed by atoms with van der Waals surface area (Å²) in [5, 5.41) is 7.44. The first-order valence-corrected chi connectivity index (χ1v) is 5.67. The average Bonchev–Trinajstić information content (AvgIpc) is 2.81. The molecule has 1 N–H and O–H groups in total. The quantitative estimate of drug-likeness (QED) is 0.816. The van der Waals surface area contributed by atoms with E-state index in [2.05, 4.69) is 15.4 Å². The molecular formula is C11H14N4O2. The zero-order valence-electron chi connectivity index (χ0n) is 9.37. The van der Waals surface area contributed by atoms with E-state index in [0.29, 0.717) is 12.5 Å². The van der Waals surface area contributed by atoms with E-state index >= 15 is 0 Å². The van der Waals surface area contributed by atoms with E-state index in [1.165, 1.54) is 0 Å². The highest BCUT2D eigenvalue weighted by molar-refractivity contribution is 5.39. The highest BCUT2D eigenvalue weighted by Crippen LogP contribution is 2.12. The van der Waals surface area contributed by atoms with Gasteiger partial charge in [0.25, 0.3) is 0 Å². The molecule has 1 aliphatic heterocycles. The first kappa shape index (κ1) is 10.5. The maximum absolute atomic E-state index is 5.67. The van der Waals surface area contributed by atoms with Crippen LogP contribution < -0.4 is 10.1 Å². The molecule has 1 fully saturated rings. The van der Waals surface area contributed by atoms with Crippen LogP contribution in [0.25, 0.3) is 5.65 Å². The van der Waals surface area contributed by atoms with Gasteiger partial charge >= 0.3 is 0 Å². The Morgan fingerprint density at radius 3 is 3.47 bits per heavy atom. The molecule has 1 atom stereocenters. The Labute approximate surface area is 98.6 Å². The molecule has 0 amide bonds. The van der Waals surface area contributed by atoms with E-state index < -0.39 is 0 Å². The van der Waals surface area contributed by atoms with Crippen molar-refractivity contribution in [3.8, 4) is 5.88 Å². The maximum Gasteiger partial charge on any atom is 0.235 e. The van der Waals surface area contributed by atoms with E-state index in [0.717, 1.165) is 25.3 Å². The van der Waals surface area contributed by atoms with Crippen LogP contribution in [0.5, 0.6) is 5.88 Å². The van der Waals surface area contributed by atoms with Gasteiger partial charge in [0.1, 0.15) is 12.7 Å². The van der Waals surface area contributed by atoms with E-state index in [1.807, 2.05) is 12.1 Å². The monoisotopic (exact) mass is 234 g/mol. The second kappa shape index (κ2) is 4.68. The maximum atomic E-state index is 5.67. The molecule has 2 aromatic heterocycles. The van der Waals surface area contributed by atoms with Crippen LogP contribution in [-0.2, 0) is 4.74 Å². The third-order valence-electron chi connectivity index (χ3n) is 2.67. The van der Waals surface area contributed by atoms with Crippen molar-refractivity contribution < 1.29 is 9.47 Å². The van der Waals surface area contributed by atoms with Gasteiger partial charge in [-0.1, -0.05) is 0 Å². The van der Waals surface area contributed by atoms with Gasteiger partial charge in [-0.2, -0.15) is 9.61 Å². The molecule has 0 bridgehead atoms. The van der Waals surface area contributed by atoms with Crippen LogP contribution in [0.15, 0.2) is 24.5 Å². The Morgan fingerprint density at radius 2 is 2.59 bits per heavy atom. The third kappa shape index (κ3) is 2.22. The number of morpholine rings is 1. The minimum atomic E-state index is 0.0954. The fraction of sp³-hybridized carbons (Fsp3) is 0.455. The number of nitrogens with one attached hydrogen (secondary N) is 1. The Morgan fingerprint density at radius 1 is 1.59 bits per heavy atom. The molecule has 3 heterocycles. The number of imidazole rings is 1. The second-order valence-electron chi connectivity index (χ2n) is 3.90. The van der Waals surface area contributed by atoms with Gasteiger partial charge in [0.2, 0.25) is 5.88 Å². The molecule has 0 aromatic carbocycles. The van der Waals surface area contributed by atoms with E-state index in [1.54, 1.807) is 16.9 Å². The standard InChI is InChI=1S/C11H14N4O2/c1-2-10-13-7-11(15(10)14-3-1)17-8-9-6-12-4-5-16-9/h1-3,7,9,12H,4-6,8H2/t9-/m1/s1. The van der Waals surface area contributed by atoms with Gasteiger partial charge in [0, 0.05) is 19.3 Å². The van der Waals surface area contributed by atoms with E-state index in [-0.39, 0.29) is 6.10 Å². The molecule has 0 aliphatic carbocycles. The van der Waals surface area contributed by atoms with Crippen LogP contribution in [0.1, 0.15) is 0 Å². The van der Waals surface area contributed by atoms with Gasteiger partial charge < -0.3 is 14.8 Å². The molecule has 90 valence electrons. The largest absolute Gasteiger partial charge is 0.474 e. The predicted molar refractivity (Wildman–Crippen MR) is 61.1 cm³/mol. The Bertz CT molecular complexity index is 493. The highest BCUT2D eigenvalue weighted by atomic mass is 16.5. The van der Waals surface area contributed by atoms with Crippen molar-refractivity contribution in [2.45, 2.75) is 6.10 Å². The Hall–Kier alpha value is -1.66. The van der Waals surface area contributed by atoms with Crippen LogP contribution in [0.2, 0.25) is 0 Å². The van der Waals surface area contributed by atoms with Gasteiger partial charge in [-0.05, 0) is 12.1 Å². The van der Waals surface area contributed by atoms with Crippen molar-refractivity contribution >= 4 is 5.65 Å². The molecule has 0 unspecified atom stereocenters. The van der Waals surface area contributed by atoms with Gasteiger partial charge in [-0.15, -0.1) is 0 Å². The summed E-state index contributed by atoms with van der Waals surface area (Å²) in [6.07, 6.45) is 3.48. The third-order valence-corrected chi connectivity index (χ3v) is 2.67. The Balaban J connectivity index is 1.68. The molecule has 17 heavy (non-hydrogen) atoms. The minimum absolute atomic E-state index is 0.0954. The van der Waals surface area contributed by atoms with Crippen LogP contribution in [-0.4, -0.2) is 47.0 Å². The predicted octanol–water partition coefficient (Wildman–Crippen LogP) is 0.0965. The number of hydrogen-bond donors (Lipinski definition) is 1. The number of fused-ring (bicyclic) bond motifs is 1. The number of nitrogens with zero attached hydrogens (tertiary/aromatic N) is 3. The number of aromatic nitrogens is 3. The van der Waals surface area contributed by atoms with Crippen LogP contribution in [0, 0.1) is 0 Å². The fourth-order valence-corrected chi connectivity index (χ4v) is 1.81. The molecule has 0 radical (unpaired) electrons. The molecule has 3 rings (SSSR count). The summed E-state index contributed by atoms with van der Waals surface area (Å²) in [6, 6.07) is 3.73. The van der Waals surface area contributed by atoms with Crippen LogP contribution in [0.3, 0.4) is 0 Å². The molecule has 0 saturated carbocycles. The van der Waals surface area contributed by atoms with Gasteiger partial charge in [0.05, 0.1) is 12.8 Å². The first-order chi connectivity index (χ1) is 8.43. The fourth-order valence-electron chi connectivity index (χ4n) is 1.81. The highest BCUT2D eigenvalue weighted by Gasteiger charge is 2.15. The van der Waals surface area contributed by atoms with Crippen LogP contribution >= 0.6 is 0 Å². The van der Waals surface area contributed by atoms with Crippen molar-refractivity contribution in [2.24, 2.45) is 0 Å². The summed E-state index contributed by atoms with van der Waals surface area (Å²) in [5.41, 5.74) is 0.783. The Kier molecular flexibility index (Phi) is 2.89. The topological polar surface area (TPSA) is 60.7 Å². The number of ether oxygens (including phenoxy) is 2. The lowest BCUT2D eigenvalue weighted by molar-refractivity contribution is -0.00112. The summed E-state index contributed by atoms with van der Waals surface area (Å²) in [5.74, 6) is 0.648. The summed E-state index contributed by atoms with van der Waals surface area (Å²) >= 11 is 0. The van der Waals surface area contributed by atoms with Crippen molar-refractivity contribution in [1.82, 2.24) is 19.9 Å². The molecule has 0 spiro atoms. The molecule has 1 aliphatic rings. The summed E-state index contributed by atoms with van der Waals surface area (Å²) in [4.78, 5) is 4.20. The number of hydrogen-bond acceptors (Lipinski definition) is 5. The summed E-state index contributed by atoms with van der Waals surface area (Å²) < 4.78 is 12.9. The van der Waals surface area contributed by atoms with Gasteiger partial charge in [-0.25, -0.2) is 4.98 Å². The summed E-state index contributed by atoms with van der Waals surface area (Å²) in [7, 11) is 0.